The van der Waals surface area contributed by atoms with Crippen molar-refractivity contribution in [3.05, 3.63) is 78.6 Å². The number of nitrogens with zero attached hydrogens (tertiary/aromatic N) is 5. The normalized spacial score (nSPS) is 15.6. The molecule has 10 heteroatoms. The van der Waals surface area contributed by atoms with E-state index in [0.29, 0.717) is 36.9 Å². The zero-order chi connectivity index (χ0) is 25.9. The van der Waals surface area contributed by atoms with Gasteiger partial charge in [0.15, 0.2) is 0 Å². The minimum absolute atomic E-state index is 0.0113. The summed E-state index contributed by atoms with van der Waals surface area (Å²) >= 11 is 0. The topological polar surface area (TPSA) is 92.6 Å². The predicted octanol–water partition coefficient (Wildman–Crippen LogP) is 3.57. The van der Waals surface area contributed by atoms with Gasteiger partial charge in [0.25, 0.3) is 5.91 Å². The summed E-state index contributed by atoms with van der Waals surface area (Å²) in [6, 6.07) is 11.2. The number of halogens is 1. The number of nitrogens with one attached hydrogen (secondary N) is 1. The fourth-order valence-corrected chi connectivity index (χ4v) is 4.71. The largest absolute Gasteiger partial charge is 0.481 e. The van der Waals surface area contributed by atoms with E-state index in [2.05, 4.69) is 15.3 Å². The van der Waals surface area contributed by atoms with Crippen LogP contribution in [0.25, 0.3) is 10.9 Å². The molecule has 1 fully saturated rings. The van der Waals surface area contributed by atoms with Gasteiger partial charge in [0.2, 0.25) is 11.8 Å². The Bertz CT molecular complexity index is 1460. The molecule has 0 aliphatic carbocycles. The lowest BCUT2D eigenvalue weighted by atomic mass is 10.1. The predicted molar refractivity (Wildman–Crippen MR) is 138 cm³/mol. The Hall–Kier alpha value is -4.47. The summed E-state index contributed by atoms with van der Waals surface area (Å²) < 4.78 is 21.2. The molecule has 0 bridgehead atoms. The molecule has 1 aromatic carbocycles. The molecule has 3 aromatic heterocycles. The third-order valence-electron chi connectivity index (χ3n) is 6.58. The van der Waals surface area contributed by atoms with Gasteiger partial charge in [0.05, 0.1) is 24.4 Å². The van der Waals surface area contributed by atoms with Crippen molar-refractivity contribution < 1.29 is 18.7 Å². The summed E-state index contributed by atoms with van der Waals surface area (Å²) in [5.74, 6) is -0.577. The molecule has 37 heavy (non-hydrogen) atoms. The molecule has 4 heterocycles. The number of hydrogen-bond donors (Lipinski definition) is 1. The lowest BCUT2D eigenvalue weighted by Gasteiger charge is -2.41. The Labute approximate surface area is 213 Å². The highest BCUT2D eigenvalue weighted by Crippen LogP contribution is 2.27. The molecule has 1 aliphatic heterocycles. The fourth-order valence-electron chi connectivity index (χ4n) is 4.71. The summed E-state index contributed by atoms with van der Waals surface area (Å²) in [4.78, 5) is 38.4. The summed E-state index contributed by atoms with van der Waals surface area (Å²) in [5.41, 5.74) is 2.23. The average molecular weight is 503 g/mol. The number of piperazine rings is 1. The van der Waals surface area contributed by atoms with Gasteiger partial charge in [-0.15, -0.1) is 0 Å². The van der Waals surface area contributed by atoms with E-state index < -0.39 is 11.7 Å². The Kier molecular flexibility index (Phi) is 6.72. The van der Waals surface area contributed by atoms with Gasteiger partial charge in [0, 0.05) is 67.1 Å². The van der Waals surface area contributed by atoms with Crippen LogP contribution in [0.4, 0.5) is 15.8 Å². The highest BCUT2D eigenvalue weighted by atomic mass is 19.1. The van der Waals surface area contributed by atoms with Crippen LogP contribution in [0.2, 0.25) is 0 Å². The number of rotatable bonds is 6. The fraction of sp³-hybridized carbons (Fsp3) is 0.259. The van der Waals surface area contributed by atoms with Gasteiger partial charge < -0.3 is 24.4 Å². The summed E-state index contributed by atoms with van der Waals surface area (Å²) in [5, 5.41) is 3.83. The number of aromatic nitrogens is 3. The van der Waals surface area contributed by atoms with E-state index in [1.54, 1.807) is 30.6 Å². The molecule has 1 atom stereocenters. The van der Waals surface area contributed by atoms with Crippen molar-refractivity contribution >= 4 is 34.1 Å². The maximum absolute atomic E-state index is 14.2. The molecule has 1 aliphatic rings. The summed E-state index contributed by atoms with van der Waals surface area (Å²) in [6.45, 7) is 3.70. The second-order valence-corrected chi connectivity index (χ2v) is 8.96. The van der Waals surface area contributed by atoms with Crippen LogP contribution >= 0.6 is 0 Å². The molecule has 190 valence electrons. The van der Waals surface area contributed by atoms with Crippen LogP contribution in [0.1, 0.15) is 17.3 Å². The average Bonchev–Trinajstić information content (AvgIpc) is 3.31. The first kappa shape index (κ1) is 24.2. The number of amides is 2. The molecule has 0 spiro atoms. The van der Waals surface area contributed by atoms with Crippen molar-refractivity contribution in [2.24, 2.45) is 0 Å². The van der Waals surface area contributed by atoms with Gasteiger partial charge in [-0.1, -0.05) is 0 Å². The van der Waals surface area contributed by atoms with Crippen molar-refractivity contribution in [3.8, 4) is 5.88 Å². The van der Waals surface area contributed by atoms with E-state index in [1.807, 2.05) is 39.6 Å². The first-order valence-electron chi connectivity index (χ1n) is 12.0. The number of benzene rings is 1. The van der Waals surface area contributed by atoms with Crippen LogP contribution < -0.4 is 15.0 Å². The molecule has 5 rings (SSSR count). The van der Waals surface area contributed by atoms with Crippen LogP contribution in [0.5, 0.6) is 5.88 Å². The maximum Gasteiger partial charge on any atom is 0.257 e. The smallest absolute Gasteiger partial charge is 0.257 e. The molecule has 0 unspecified atom stereocenters. The highest BCUT2D eigenvalue weighted by molar-refractivity contribution is 6.08. The Morgan fingerprint density at radius 3 is 2.81 bits per heavy atom. The standard InChI is InChI=1S/C27H27FN6O3/c1-18-16-33(11-12-34(18)26(35)17-32-10-7-19-5-8-29-15-24(19)32)23-4-3-20(28)13-22(23)27(36)31-21-6-9-30-25(14-21)37-2/h3-10,13-15,18H,11-12,16-17H2,1-2H3,(H,30,31,36)/t18-/m0/s1. The van der Waals surface area contributed by atoms with Gasteiger partial charge in [-0.3, -0.25) is 14.6 Å². The Balaban J connectivity index is 1.30. The first-order valence-corrected chi connectivity index (χ1v) is 12.0. The van der Waals surface area contributed by atoms with Gasteiger partial charge in [-0.05, 0) is 43.3 Å². The maximum atomic E-state index is 14.2. The number of methoxy groups -OCH3 is 1. The number of ether oxygens (including phenoxy) is 1. The lowest BCUT2D eigenvalue weighted by Crippen LogP contribution is -2.55. The van der Waals surface area contributed by atoms with Crippen LogP contribution in [0, 0.1) is 5.82 Å². The van der Waals surface area contributed by atoms with Gasteiger partial charge in [-0.25, -0.2) is 9.37 Å². The van der Waals surface area contributed by atoms with Crippen LogP contribution in [-0.2, 0) is 11.3 Å². The molecular formula is C27H27FN6O3. The number of carbonyl (C=O) groups is 2. The zero-order valence-electron chi connectivity index (χ0n) is 20.6. The van der Waals surface area contributed by atoms with Crippen molar-refractivity contribution in [1.82, 2.24) is 19.4 Å². The number of carbonyl (C=O) groups excluding carboxylic acids is 2. The molecule has 2 amide bonds. The van der Waals surface area contributed by atoms with Crippen molar-refractivity contribution in [1.29, 1.82) is 0 Å². The molecule has 4 aromatic rings. The van der Waals surface area contributed by atoms with Crippen LogP contribution in [0.3, 0.4) is 0 Å². The molecule has 1 saturated heterocycles. The van der Waals surface area contributed by atoms with Gasteiger partial charge >= 0.3 is 0 Å². The van der Waals surface area contributed by atoms with Gasteiger partial charge in [0.1, 0.15) is 12.4 Å². The number of anilines is 2. The molecule has 0 saturated carbocycles. The van der Waals surface area contributed by atoms with E-state index in [1.165, 1.54) is 25.4 Å². The van der Waals surface area contributed by atoms with Gasteiger partial charge in [-0.2, -0.15) is 0 Å². The molecule has 0 radical (unpaired) electrons. The van der Waals surface area contributed by atoms with Crippen LogP contribution in [-0.4, -0.2) is 64.0 Å². The van der Waals surface area contributed by atoms with Crippen LogP contribution in [0.15, 0.2) is 67.3 Å². The zero-order valence-corrected chi connectivity index (χ0v) is 20.6. The SMILES string of the molecule is COc1cc(NC(=O)c2cc(F)ccc2N2CCN(C(=O)Cn3ccc4ccncc43)[C@@H](C)C2)ccn1. The second kappa shape index (κ2) is 10.3. The Morgan fingerprint density at radius 1 is 1.14 bits per heavy atom. The minimum Gasteiger partial charge on any atom is -0.481 e. The van der Waals surface area contributed by atoms with Crippen molar-refractivity contribution in [2.75, 3.05) is 37.0 Å². The van der Waals surface area contributed by atoms with E-state index in [0.717, 1.165) is 10.9 Å². The van der Waals surface area contributed by atoms with E-state index in [4.69, 9.17) is 4.74 Å². The molecular weight excluding hydrogens is 475 g/mol. The van der Waals surface area contributed by atoms with Crippen molar-refractivity contribution in [3.63, 3.8) is 0 Å². The number of fused-ring (bicyclic) bond motifs is 1. The third-order valence-corrected chi connectivity index (χ3v) is 6.58. The third kappa shape index (κ3) is 5.09. The quantitative estimate of drug-likeness (QED) is 0.434. The summed E-state index contributed by atoms with van der Waals surface area (Å²) in [7, 11) is 1.49. The lowest BCUT2D eigenvalue weighted by molar-refractivity contribution is -0.134. The minimum atomic E-state index is -0.503. The monoisotopic (exact) mass is 502 g/mol. The first-order chi connectivity index (χ1) is 17.9. The number of pyridine rings is 2. The molecule has 1 N–H and O–H groups in total. The van der Waals surface area contributed by atoms with Crippen molar-refractivity contribution in [2.45, 2.75) is 19.5 Å². The molecule has 9 nitrogen and oxygen atoms in total. The Morgan fingerprint density at radius 2 is 2.00 bits per heavy atom. The summed E-state index contributed by atoms with van der Waals surface area (Å²) in [6.07, 6.45) is 6.90. The van der Waals surface area contributed by atoms with E-state index >= 15 is 0 Å². The van der Waals surface area contributed by atoms with E-state index in [9.17, 15) is 14.0 Å². The number of hydrogen-bond acceptors (Lipinski definition) is 6. The highest BCUT2D eigenvalue weighted by Gasteiger charge is 2.29. The van der Waals surface area contributed by atoms with E-state index in [-0.39, 0.29) is 24.1 Å². The second-order valence-electron chi connectivity index (χ2n) is 8.96.